The summed E-state index contributed by atoms with van der Waals surface area (Å²) in [7, 11) is 0. The minimum absolute atomic E-state index is 0.0950. The summed E-state index contributed by atoms with van der Waals surface area (Å²) in [5.41, 5.74) is 4.78. The molecular weight excluding hydrogens is 418 g/mol. The summed E-state index contributed by atoms with van der Waals surface area (Å²) in [6.45, 7) is 0.647. The third-order valence-corrected chi connectivity index (χ3v) is 6.31. The number of carbonyl (C=O) groups is 1. The molecule has 0 aliphatic carbocycles. The van der Waals surface area contributed by atoms with E-state index >= 15 is 0 Å². The first-order valence-corrected chi connectivity index (χ1v) is 11.3. The highest BCUT2D eigenvalue weighted by atomic mass is 32.1. The highest BCUT2D eigenvalue weighted by Gasteiger charge is 2.12. The van der Waals surface area contributed by atoms with Gasteiger partial charge in [0.2, 0.25) is 0 Å². The Balaban J connectivity index is 1.38. The molecule has 0 unspecified atom stereocenters. The van der Waals surface area contributed by atoms with Crippen molar-refractivity contribution in [2.45, 2.75) is 12.8 Å². The van der Waals surface area contributed by atoms with Crippen LogP contribution in [0.4, 0.5) is 0 Å². The van der Waals surface area contributed by atoms with Gasteiger partial charge in [0.1, 0.15) is 5.84 Å². The number of aromatic amines is 1. The molecule has 2 aromatic heterocycles. The van der Waals surface area contributed by atoms with Gasteiger partial charge < -0.3 is 10.1 Å². The lowest BCUT2D eigenvalue weighted by atomic mass is 9.99. The summed E-state index contributed by atoms with van der Waals surface area (Å²) in [4.78, 5) is 24.9. The monoisotopic (exact) mass is 439 g/mol. The normalized spacial score (nSPS) is 13.3. The van der Waals surface area contributed by atoms with E-state index in [-0.39, 0.29) is 11.7 Å². The van der Waals surface area contributed by atoms with Gasteiger partial charge in [-0.2, -0.15) is 0 Å². The van der Waals surface area contributed by atoms with Crippen molar-refractivity contribution in [3.63, 3.8) is 0 Å². The van der Waals surface area contributed by atoms with E-state index in [2.05, 4.69) is 33.2 Å². The Hall–Kier alpha value is -3.77. The number of Topliss-reactive ketones (excluding diaryl/α,β-unsaturated/α-hetero) is 1. The Labute approximate surface area is 189 Å². The predicted molar refractivity (Wildman–Crippen MR) is 131 cm³/mol. The number of hydrogen-bond donors (Lipinski definition) is 2. The summed E-state index contributed by atoms with van der Waals surface area (Å²) >= 11 is 1.48. The molecule has 3 heterocycles. The summed E-state index contributed by atoms with van der Waals surface area (Å²) in [5, 5.41) is 13.2. The molecule has 0 radical (unpaired) electrons. The number of hydrogen-bond acceptors (Lipinski definition) is 5. The molecule has 4 aromatic rings. The number of aromatic hydroxyl groups is 1. The third-order valence-electron chi connectivity index (χ3n) is 5.39. The average Bonchev–Trinajstić information content (AvgIpc) is 3.54. The Morgan fingerprint density at radius 1 is 1.12 bits per heavy atom. The molecule has 5 rings (SSSR count). The van der Waals surface area contributed by atoms with Gasteiger partial charge in [-0.25, -0.2) is 4.99 Å². The third kappa shape index (κ3) is 4.31. The molecule has 0 spiro atoms. The molecular formula is C26H21N3O2S. The van der Waals surface area contributed by atoms with Crippen LogP contribution in [0.15, 0.2) is 82.1 Å². The second-order valence-corrected chi connectivity index (χ2v) is 8.65. The second-order valence-electron chi connectivity index (χ2n) is 7.70. The maximum absolute atomic E-state index is 12.4. The summed E-state index contributed by atoms with van der Waals surface area (Å²) in [6.07, 6.45) is 6.60. The molecule has 5 nitrogen and oxygen atoms in total. The zero-order valence-electron chi connectivity index (χ0n) is 17.3. The number of amidine groups is 1. The van der Waals surface area contributed by atoms with Gasteiger partial charge in [0.15, 0.2) is 11.7 Å². The van der Waals surface area contributed by atoms with Crippen molar-refractivity contribution in [3.05, 3.63) is 99.3 Å². The van der Waals surface area contributed by atoms with Crippen molar-refractivity contribution >= 4 is 40.1 Å². The zero-order valence-corrected chi connectivity index (χ0v) is 18.1. The minimum Gasteiger partial charge on any atom is -0.494 e. The van der Waals surface area contributed by atoms with E-state index in [1.54, 1.807) is 6.21 Å². The van der Waals surface area contributed by atoms with Gasteiger partial charge in [0.25, 0.3) is 0 Å². The van der Waals surface area contributed by atoms with E-state index in [0.29, 0.717) is 24.4 Å². The molecule has 2 aromatic carbocycles. The van der Waals surface area contributed by atoms with Crippen molar-refractivity contribution in [1.29, 1.82) is 0 Å². The molecule has 0 saturated carbocycles. The molecule has 158 valence electrons. The number of thiophene rings is 1. The van der Waals surface area contributed by atoms with Crippen LogP contribution in [0.3, 0.4) is 0 Å². The molecule has 1 aliphatic rings. The number of nitrogens with one attached hydrogen (secondary N) is 1. The van der Waals surface area contributed by atoms with Gasteiger partial charge in [-0.05, 0) is 52.8 Å². The van der Waals surface area contributed by atoms with Crippen LogP contribution in [-0.4, -0.2) is 34.5 Å². The highest BCUT2D eigenvalue weighted by Crippen LogP contribution is 2.27. The largest absolute Gasteiger partial charge is 0.494 e. The van der Waals surface area contributed by atoms with Crippen molar-refractivity contribution in [1.82, 2.24) is 4.98 Å². The lowest BCUT2D eigenvalue weighted by molar-refractivity contribution is 0.0997. The molecule has 6 heteroatoms. The van der Waals surface area contributed by atoms with Crippen LogP contribution in [0.2, 0.25) is 0 Å². The first-order valence-electron chi connectivity index (χ1n) is 10.4. The van der Waals surface area contributed by atoms with E-state index in [4.69, 9.17) is 0 Å². The standard InChI is InChI=1S/C26H21N3O2S/c30-23(24-6-3-11-32-24)15-18-5-1-4-17(12-18)13-19-8-9-22-20(14-19)21(26(31)29-22)16-28-25-7-2-10-27-25/h1-9,11-12,14,16,29,31H,10,13,15H2. The lowest BCUT2D eigenvalue weighted by Gasteiger charge is -2.06. The van der Waals surface area contributed by atoms with E-state index in [1.807, 2.05) is 53.9 Å². The SMILES string of the molecule is O=C(Cc1cccc(Cc2ccc3[nH]c(O)c(C=NC4=NCC=C4)c3c2)c1)c1cccs1. The molecule has 1 aliphatic heterocycles. The number of fused-ring (bicyclic) bond motifs is 1. The van der Waals surface area contributed by atoms with Crippen molar-refractivity contribution < 1.29 is 9.90 Å². The second kappa shape index (κ2) is 8.77. The van der Waals surface area contributed by atoms with Crippen molar-refractivity contribution in [2.24, 2.45) is 9.98 Å². The van der Waals surface area contributed by atoms with Gasteiger partial charge in [-0.3, -0.25) is 9.79 Å². The molecule has 0 saturated heterocycles. The molecule has 0 atom stereocenters. The van der Waals surface area contributed by atoms with Crippen molar-refractivity contribution in [3.8, 4) is 5.88 Å². The summed E-state index contributed by atoms with van der Waals surface area (Å²) < 4.78 is 0. The van der Waals surface area contributed by atoms with Crippen LogP contribution in [0.25, 0.3) is 10.9 Å². The first kappa shape index (κ1) is 20.2. The fourth-order valence-corrected chi connectivity index (χ4v) is 4.52. The van der Waals surface area contributed by atoms with Crippen LogP contribution in [-0.2, 0) is 12.8 Å². The molecule has 2 N–H and O–H groups in total. The van der Waals surface area contributed by atoms with Crippen LogP contribution in [0.5, 0.6) is 5.88 Å². The number of rotatable bonds is 6. The minimum atomic E-state index is 0.0950. The number of H-pyrrole nitrogens is 1. The fourth-order valence-electron chi connectivity index (χ4n) is 3.85. The summed E-state index contributed by atoms with van der Waals surface area (Å²) in [5.74, 6) is 0.897. The van der Waals surface area contributed by atoms with Gasteiger partial charge in [-0.1, -0.05) is 42.5 Å². The average molecular weight is 440 g/mol. The number of carbonyl (C=O) groups excluding carboxylic acids is 1. The Morgan fingerprint density at radius 2 is 2.00 bits per heavy atom. The maximum atomic E-state index is 12.4. The van der Waals surface area contributed by atoms with Crippen LogP contribution in [0.1, 0.15) is 31.9 Å². The van der Waals surface area contributed by atoms with Crippen LogP contribution >= 0.6 is 11.3 Å². The quantitative estimate of drug-likeness (QED) is 0.314. The predicted octanol–water partition coefficient (Wildman–Crippen LogP) is 5.34. The number of aromatic nitrogens is 1. The van der Waals surface area contributed by atoms with Crippen molar-refractivity contribution in [2.75, 3.05) is 6.54 Å². The Morgan fingerprint density at radius 3 is 2.81 bits per heavy atom. The van der Waals surface area contributed by atoms with E-state index in [9.17, 15) is 9.90 Å². The smallest absolute Gasteiger partial charge is 0.198 e. The van der Waals surface area contributed by atoms with Gasteiger partial charge in [-0.15, -0.1) is 11.3 Å². The molecule has 0 bridgehead atoms. The maximum Gasteiger partial charge on any atom is 0.198 e. The van der Waals surface area contributed by atoms with Crippen LogP contribution in [0, 0.1) is 0 Å². The molecule has 0 amide bonds. The van der Waals surface area contributed by atoms with Gasteiger partial charge in [0, 0.05) is 23.5 Å². The summed E-state index contributed by atoms with van der Waals surface area (Å²) in [6, 6.07) is 18.0. The van der Waals surface area contributed by atoms with Gasteiger partial charge in [0.05, 0.1) is 17.0 Å². The Bertz CT molecular complexity index is 1380. The van der Waals surface area contributed by atoms with E-state index in [1.165, 1.54) is 11.3 Å². The molecule has 0 fully saturated rings. The fraction of sp³-hybridized carbons (Fsp3) is 0.115. The van der Waals surface area contributed by atoms with Crippen LogP contribution < -0.4 is 0 Å². The van der Waals surface area contributed by atoms with E-state index < -0.39 is 0 Å². The van der Waals surface area contributed by atoms with Gasteiger partial charge >= 0.3 is 0 Å². The van der Waals surface area contributed by atoms with E-state index in [0.717, 1.165) is 38.9 Å². The molecule has 32 heavy (non-hydrogen) atoms. The number of ketones is 1. The number of aliphatic imine (C=N–C) groups is 2. The number of nitrogens with zero attached hydrogens (tertiary/aromatic N) is 2. The Kier molecular flexibility index (Phi) is 5.52. The number of benzene rings is 2. The topological polar surface area (TPSA) is 77.8 Å². The lowest BCUT2D eigenvalue weighted by Crippen LogP contribution is -2.01. The first-order chi connectivity index (χ1) is 15.7. The zero-order chi connectivity index (χ0) is 21.9. The highest BCUT2D eigenvalue weighted by molar-refractivity contribution is 7.12.